The van der Waals surface area contributed by atoms with Crippen molar-refractivity contribution in [3.63, 3.8) is 0 Å². The highest BCUT2D eigenvalue weighted by molar-refractivity contribution is 7.88. The number of ether oxygens (including phenoxy) is 1. The van der Waals surface area contributed by atoms with Gasteiger partial charge in [-0.15, -0.1) is 0 Å². The zero-order valence-corrected chi connectivity index (χ0v) is 14.6. The molecular formula is C17H24FNO4S. The maximum absolute atomic E-state index is 13.8. The third kappa shape index (κ3) is 3.49. The van der Waals surface area contributed by atoms with E-state index in [9.17, 15) is 17.9 Å². The molecule has 0 aliphatic carbocycles. The van der Waals surface area contributed by atoms with E-state index < -0.39 is 21.4 Å². The highest BCUT2D eigenvalue weighted by Crippen LogP contribution is 2.37. The third-order valence-corrected chi connectivity index (χ3v) is 7.06. The number of hydrogen-bond donors (Lipinski definition) is 1. The predicted molar refractivity (Wildman–Crippen MR) is 88.3 cm³/mol. The van der Waals surface area contributed by atoms with E-state index in [-0.39, 0.29) is 23.3 Å². The van der Waals surface area contributed by atoms with E-state index in [1.54, 1.807) is 19.1 Å². The zero-order valence-electron chi connectivity index (χ0n) is 13.8. The minimum absolute atomic E-state index is 0.176. The van der Waals surface area contributed by atoms with Crippen LogP contribution in [0.15, 0.2) is 24.3 Å². The topological polar surface area (TPSA) is 66.8 Å². The maximum atomic E-state index is 13.8. The van der Waals surface area contributed by atoms with Crippen molar-refractivity contribution in [1.29, 1.82) is 0 Å². The van der Waals surface area contributed by atoms with Gasteiger partial charge in [0.25, 0.3) is 0 Å². The first-order valence-corrected chi connectivity index (χ1v) is 9.95. The van der Waals surface area contributed by atoms with Crippen LogP contribution in [-0.4, -0.2) is 49.2 Å². The van der Waals surface area contributed by atoms with Crippen LogP contribution in [0, 0.1) is 11.7 Å². The van der Waals surface area contributed by atoms with E-state index in [1.165, 1.54) is 16.4 Å². The van der Waals surface area contributed by atoms with Gasteiger partial charge in [0.05, 0.1) is 18.0 Å². The lowest BCUT2D eigenvalue weighted by Crippen LogP contribution is -2.53. The van der Waals surface area contributed by atoms with Crippen LogP contribution in [0.2, 0.25) is 0 Å². The molecule has 5 nitrogen and oxygen atoms in total. The summed E-state index contributed by atoms with van der Waals surface area (Å²) in [6, 6.07) is 5.65. The second kappa shape index (κ2) is 6.71. The highest BCUT2D eigenvalue weighted by Gasteiger charge is 2.47. The Kier molecular flexibility index (Phi) is 4.97. The van der Waals surface area contributed by atoms with Gasteiger partial charge in [-0.1, -0.05) is 18.2 Å². The second-order valence-electron chi connectivity index (χ2n) is 6.96. The third-order valence-electron chi connectivity index (χ3n) is 5.21. The minimum atomic E-state index is -3.66. The average Bonchev–Trinajstić information content (AvgIpc) is 2.99. The number of hydrogen-bond acceptors (Lipinski definition) is 4. The Morgan fingerprint density at radius 2 is 2.17 bits per heavy atom. The van der Waals surface area contributed by atoms with Gasteiger partial charge in [-0.25, -0.2) is 12.8 Å². The molecule has 0 bridgehead atoms. The molecule has 0 radical (unpaired) electrons. The van der Waals surface area contributed by atoms with Crippen LogP contribution in [0.1, 0.15) is 31.7 Å². The standard InChI is InChI=1S/C17H24FNO4S/c1-17(20)8-10-23-11-14(17)16-7-4-9-19(16)24(21,22)12-13-5-2-3-6-15(13)18/h2-3,5-6,14,16,20H,4,7-12H2,1H3. The summed E-state index contributed by atoms with van der Waals surface area (Å²) < 4.78 is 46.5. The molecule has 0 spiro atoms. The fourth-order valence-electron chi connectivity index (χ4n) is 3.79. The smallest absolute Gasteiger partial charge is 0.218 e. The average molecular weight is 357 g/mol. The van der Waals surface area contributed by atoms with E-state index in [2.05, 4.69) is 0 Å². The van der Waals surface area contributed by atoms with Gasteiger partial charge in [-0.2, -0.15) is 4.31 Å². The molecular weight excluding hydrogens is 333 g/mol. The maximum Gasteiger partial charge on any atom is 0.218 e. The lowest BCUT2D eigenvalue weighted by atomic mass is 9.80. The Morgan fingerprint density at radius 1 is 1.42 bits per heavy atom. The molecule has 1 aromatic rings. The quantitative estimate of drug-likeness (QED) is 0.894. The van der Waals surface area contributed by atoms with Gasteiger partial charge >= 0.3 is 0 Å². The van der Waals surface area contributed by atoms with Crippen molar-refractivity contribution in [2.45, 2.75) is 43.6 Å². The van der Waals surface area contributed by atoms with E-state index >= 15 is 0 Å². The van der Waals surface area contributed by atoms with Crippen molar-refractivity contribution in [2.24, 2.45) is 5.92 Å². The Bertz CT molecular complexity index is 692. The summed E-state index contributed by atoms with van der Waals surface area (Å²) in [5, 5.41) is 10.7. The summed E-state index contributed by atoms with van der Waals surface area (Å²) in [6.07, 6.45) is 1.93. The van der Waals surface area contributed by atoms with Crippen LogP contribution >= 0.6 is 0 Å². The van der Waals surface area contributed by atoms with Crippen molar-refractivity contribution < 1.29 is 22.7 Å². The van der Waals surface area contributed by atoms with E-state index in [4.69, 9.17) is 4.74 Å². The first kappa shape index (κ1) is 17.8. The molecule has 24 heavy (non-hydrogen) atoms. The number of nitrogens with zero attached hydrogens (tertiary/aromatic N) is 1. The van der Waals surface area contributed by atoms with Crippen molar-refractivity contribution >= 4 is 10.0 Å². The normalized spacial score (nSPS) is 32.1. The van der Waals surface area contributed by atoms with Gasteiger partial charge in [0.15, 0.2) is 0 Å². The lowest BCUT2D eigenvalue weighted by Gasteiger charge is -2.42. The van der Waals surface area contributed by atoms with Crippen molar-refractivity contribution in [1.82, 2.24) is 4.31 Å². The van der Waals surface area contributed by atoms with Crippen LogP contribution in [0.4, 0.5) is 4.39 Å². The summed E-state index contributed by atoms with van der Waals surface area (Å²) in [4.78, 5) is 0. The summed E-state index contributed by atoms with van der Waals surface area (Å²) in [5.41, 5.74) is -0.770. The lowest BCUT2D eigenvalue weighted by molar-refractivity contribution is -0.116. The number of halogens is 1. The molecule has 1 N–H and O–H groups in total. The van der Waals surface area contributed by atoms with Gasteiger partial charge in [0, 0.05) is 30.7 Å². The van der Waals surface area contributed by atoms with E-state index in [0.29, 0.717) is 32.6 Å². The number of benzene rings is 1. The highest BCUT2D eigenvalue weighted by atomic mass is 32.2. The summed E-state index contributed by atoms with van der Waals surface area (Å²) >= 11 is 0. The monoisotopic (exact) mass is 357 g/mol. The SMILES string of the molecule is CC1(O)CCOCC1C1CCCN1S(=O)(=O)Cc1ccccc1F. The molecule has 0 saturated carbocycles. The molecule has 0 aromatic heterocycles. The molecule has 3 rings (SSSR count). The molecule has 1 aromatic carbocycles. The molecule has 7 heteroatoms. The van der Waals surface area contributed by atoms with Gasteiger partial charge in [-0.05, 0) is 32.3 Å². The van der Waals surface area contributed by atoms with Crippen LogP contribution in [0.3, 0.4) is 0 Å². The van der Waals surface area contributed by atoms with Crippen molar-refractivity contribution in [2.75, 3.05) is 19.8 Å². The molecule has 2 saturated heterocycles. The molecule has 3 unspecified atom stereocenters. The Hall–Kier alpha value is -1.02. The van der Waals surface area contributed by atoms with Crippen LogP contribution < -0.4 is 0 Å². The molecule has 2 aliphatic rings. The number of rotatable bonds is 4. The van der Waals surface area contributed by atoms with Gasteiger partial charge in [0.2, 0.25) is 10.0 Å². The number of sulfonamides is 1. The molecule has 2 fully saturated rings. The Balaban J connectivity index is 1.83. The van der Waals surface area contributed by atoms with E-state index in [1.807, 2.05) is 0 Å². The van der Waals surface area contributed by atoms with Crippen molar-refractivity contribution in [3.05, 3.63) is 35.6 Å². The molecule has 0 amide bonds. The predicted octanol–water partition coefficient (Wildman–Crippen LogP) is 1.91. The number of aliphatic hydroxyl groups is 1. The molecule has 134 valence electrons. The minimum Gasteiger partial charge on any atom is -0.390 e. The second-order valence-corrected chi connectivity index (χ2v) is 8.88. The summed E-state index contributed by atoms with van der Waals surface area (Å²) in [7, 11) is -3.66. The van der Waals surface area contributed by atoms with Crippen LogP contribution in [-0.2, 0) is 20.5 Å². The molecule has 2 heterocycles. The van der Waals surface area contributed by atoms with Gasteiger partial charge < -0.3 is 9.84 Å². The van der Waals surface area contributed by atoms with Crippen LogP contribution in [0.5, 0.6) is 0 Å². The first-order valence-electron chi connectivity index (χ1n) is 8.34. The molecule has 2 aliphatic heterocycles. The fraction of sp³-hybridized carbons (Fsp3) is 0.647. The zero-order chi connectivity index (χ0) is 17.4. The summed E-state index contributed by atoms with van der Waals surface area (Å²) in [6.45, 7) is 3.00. The van der Waals surface area contributed by atoms with Gasteiger partial charge in [0.1, 0.15) is 5.82 Å². The molecule has 3 atom stereocenters. The largest absolute Gasteiger partial charge is 0.390 e. The van der Waals surface area contributed by atoms with E-state index in [0.717, 1.165) is 6.42 Å². The van der Waals surface area contributed by atoms with Crippen LogP contribution in [0.25, 0.3) is 0 Å². The fourth-order valence-corrected chi connectivity index (χ4v) is 5.65. The Morgan fingerprint density at radius 3 is 2.88 bits per heavy atom. The van der Waals surface area contributed by atoms with Gasteiger partial charge in [-0.3, -0.25) is 0 Å². The first-order chi connectivity index (χ1) is 11.3. The van der Waals surface area contributed by atoms with Crippen molar-refractivity contribution in [3.8, 4) is 0 Å². The summed E-state index contributed by atoms with van der Waals surface area (Å²) in [5.74, 6) is -1.12. The Labute approximate surface area is 142 Å².